The number of halogens is 2. The van der Waals surface area contributed by atoms with E-state index in [-0.39, 0.29) is 6.61 Å². The van der Waals surface area contributed by atoms with Gasteiger partial charge in [0.1, 0.15) is 6.61 Å². The number of nitriles is 1. The van der Waals surface area contributed by atoms with Crippen LogP contribution in [-0.2, 0) is 10.3 Å². The number of nitrogens with two attached hydrogens (primary N) is 1. The van der Waals surface area contributed by atoms with Crippen LogP contribution in [0.1, 0.15) is 5.56 Å². The molecule has 0 saturated carbocycles. The highest BCUT2D eigenvalue weighted by atomic mass is 19.3. The van der Waals surface area contributed by atoms with Crippen LogP contribution in [0.2, 0.25) is 0 Å². The van der Waals surface area contributed by atoms with Crippen LogP contribution >= 0.6 is 0 Å². The Labute approximate surface area is 92.4 Å². The largest absolute Gasteiger partial charge is 0.372 e. The summed E-state index contributed by atoms with van der Waals surface area (Å²) in [6.07, 6.45) is -2.56. The molecule has 0 spiro atoms. The van der Waals surface area contributed by atoms with Crippen molar-refractivity contribution >= 4 is 0 Å². The van der Waals surface area contributed by atoms with Gasteiger partial charge in [0, 0.05) is 0 Å². The summed E-state index contributed by atoms with van der Waals surface area (Å²) in [5.74, 6) is 0. The van der Waals surface area contributed by atoms with Crippen molar-refractivity contribution in [2.75, 3.05) is 13.2 Å². The van der Waals surface area contributed by atoms with Gasteiger partial charge in [-0.2, -0.15) is 5.26 Å². The number of benzene rings is 1. The van der Waals surface area contributed by atoms with Crippen molar-refractivity contribution in [2.24, 2.45) is 5.73 Å². The first-order valence-electron chi connectivity index (χ1n) is 4.70. The molecule has 0 aliphatic carbocycles. The Hall–Kier alpha value is -1.51. The lowest BCUT2D eigenvalue weighted by molar-refractivity contribution is 0.00501. The normalized spacial score (nSPS) is 14.4. The second-order valence-electron chi connectivity index (χ2n) is 3.36. The molecule has 3 nitrogen and oxygen atoms in total. The monoisotopic (exact) mass is 226 g/mol. The van der Waals surface area contributed by atoms with Crippen molar-refractivity contribution in [1.82, 2.24) is 0 Å². The molecule has 1 unspecified atom stereocenters. The molecule has 0 heterocycles. The Bertz CT molecular complexity index is 364. The standard InChI is InChI=1S/C11H12F2N2O/c12-10(13)6-16-8-11(15,7-14)9-4-2-1-3-5-9/h1-5,10H,6,8,15H2. The van der Waals surface area contributed by atoms with Crippen LogP contribution in [0.15, 0.2) is 30.3 Å². The summed E-state index contributed by atoms with van der Waals surface area (Å²) >= 11 is 0. The van der Waals surface area contributed by atoms with Crippen molar-refractivity contribution in [3.63, 3.8) is 0 Å². The number of alkyl halides is 2. The van der Waals surface area contributed by atoms with Gasteiger partial charge in [-0.15, -0.1) is 0 Å². The van der Waals surface area contributed by atoms with Gasteiger partial charge < -0.3 is 10.5 Å². The van der Waals surface area contributed by atoms with Crippen molar-refractivity contribution in [3.8, 4) is 6.07 Å². The van der Waals surface area contributed by atoms with Crippen LogP contribution in [0.4, 0.5) is 8.78 Å². The summed E-state index contributed by atoms with van der Waals surface area (Å²) in [5.41, 5.74) is 4.94. The van der Waals surface area contributed by atoms with Crippen molar-refractivity contribution < 1.29 is 13.5 Å². The number of ether oxygens (including phenoxy) is 1. The van der Waals surface area contributed by atoms with Crippen molar-refractivity contribution in [3.05, 3.63) is 35.9 Å². The lowest BCUT2D eigenvalue weighted by Crippen LogP contribution is -2.40. The van der Waals surface area contributed by atoms with Gasteiger partial charge in [0.05, 0.1) is 12.7 Å². The van der Waals surface area contributed by atoms with E-state index in [0.717, 1.165) is 0 Å². The Balaban J connectivity index is 2.68. The first-order chi connectivity index (χ1) is 7.58. The molecule has 0 bridgehead atoms. The van der Waals surface area contributed by atoms with Crippen LogP contribution in [-0.4, -0.2) is 19.6 Å². The predicted octanol–water partition coefficient (Wildman–Crippen LogP) is 1.65. The first-order valence-corrected chi connectivity index (χ1v) is 4.70. The summed E-state index contributed by atoms with van der Waals surface area (Å²) in [5, 5.41) is 8.96. The van der Waals surface area contributed by atoms with Gasteiger partial charge in [-0.1, -0.05) is 30.3 Å². The molecule has 0 fully saturated rings. The molecule has 1 rings (SSSR count). The lowest BCUT2D eigenvalue weighted by atomic mass is 9.94. The van der Waals surface area contributed by atoms with Crippen LogP contribution in [0, 0.1) is 11.3 Å². The highest BCUT2D eigenvalue weighted by Crippen LogP contribution is 2.17. The second-order valence-corrected chi connectivity index (χ2v) is 3.36. The van der Waals surface area contributed by atoms with E-state index in [1.54, 1.807) is 30.3 Å². The maximum Gasteiger partial charge on any atom is 0.261 e. The third-order valence-corrected chi connectivity index (χ3v) is 2.06. The van der Waals surface area contributed by atoms with E-state index in [2.05, 4.69) is 0 Å². The number of nitrogens with zero attached hydrogens (tertiary/aromatic N) is 1. The Morgan fingerprint density at radius 1 is 1.38 bits per heavy atom. The van der Waals surface area contributed by atoms with Crippen LogP contribution in [0.3, 0.4) is 0 Å². The topological polar surface area (TPSA) is 59.0 Å². The molecule has 0 radical (unpaired) electrons. The molecular formula is C11H12F2N2O. The van der Waals surface area contributed by atoms with Gasteiger partial charge in [-0.25, -0.2) is 8.78 Å². The summed E-state index contributed by atoms with van der Waals surface area (Å²) in [6, 6.07) is 10.4. The predicted molar refractivity (Wildman–Crippen MR) is 54.7 cm³/mol. The maximum atomic E-state index is 11.9. The van der Waals surface area contributed by atoms with Crippen molar-refractivity contribution in [2.45, 2.75) is 12.0 Å². The van der Waals surface area contributed by atoms with Gasteiger partial charge in [0.15, 0.2) is 5.54 Å². The molecular weight excluding hydrogens is 214 g/mol. The summed E-state index contributed by atoms with van der Waals surface area (Å²) < 4.78 is 28.4. The minimum absolute atomic E-state index is 0.252. The molecule has 1 aromatic carbocycles. The minimum Gasteiger partial charge on any atom is -0.372 e. The summed E-state index contributed by atoms with van der Waals surface area (Å²) in [7, 11) is 0. The zero-order valence-electron chi connectivity index (χ0n) is 8.57. The van der Waals surface area contributed by atoms with E-state index in [4.69, 9.17) is 15.7 Å². The van der Waals surface area contributed by atoms with E-state index in [1.807, 2.05) is 6.07 Å². The van der Waals surface area contributed by atoms with E-state index in [0.29, 0.717) is 5.56 Å². The van der Waals surface area contributed by atoms with E-state index >= 15 is 0 Å². The molecule has 0 aliphatic heterocycles. The Morgan fingerprint density at radius 2 is 2.00 bits per heavy atom. The third kappa shape index (κ3) is 3.26. The fourth-order valence-corrected chi connectivity index (χ4v) is 1.22. The number of hydrogen-bond donors (Lipinski definition) is 1. The lowest BCUT2D eigenvalue weighted by Gasteiger charge is -2.21. The van der Waals surface area contributed by atoms with Crippen LogP contribution < -0.4 is 5.73 Å². The zero-order valence-corrected chi connectivity index (χ0v) is 8.57. The molecule has 1 aromatic rings. The van der Waals surface area contributed by atoms with Crippen LogP contribution in [0.25, 0.3) is 0 Å². The quantitative estimate of drug-likeness (QED) is 0.830. The highest BCUT2D eigenvalue weighted by molar-refractivity contribution is 5.30. The smallest absolute Gasteiger partial charge is 0.261 e. The second kappa shape index (κ2) is 5.54. The average molecular weight is 226 g/mol. The third-order valence-electron chi connectivity index (χ3n) is 2.06. The molecule has 16 heavy (non-hydrogen) atoms. The van der Waals surface area contributed by atoms with Crippen LogP contribution in [0.5, 0.6) is 0 Å². The molecule has 5 heteroatoms. The van der Waals surface area contributed by atoms with Gasteiger partial charge in [0.25, 0.3) is 6.43 Å². The molecule has 0 aromatic heterocycles. The van der Waals surface area contributed by atoms with Gasteiger partial charge in [-0.05, 0) is 5.56 Å². The molecule has 0 aliphatic rings. The average Bonchev–Trinajstić information content (AvgIpc) is 2.29. The summed E-state index contributed by atoms with van der Waals surface area (Å²) in [6.45, 7) is -0.967. The molecule has 86 valence electrons. The molecule has 0 saturated heterocycles. The SMILES string of the molecule is N#CC(N)(COCC(F)F)c1ccccc1. The van der Waals surface area contributed by atoms with E-state index in [1.165, 1.54) is 0 Å². The zero-order chi connectivity index (χ0) is 12.0. The molecule has 2 N–H and O–H groups in total. The molecule has 1 atom stereocenters. The minimum atomic E-state index is -2.56. The van der Waals surface area contributed by atoms with Gasteiger partial charge in [0.2, 0.25) is 0 Å². The number of hydrogen-bond acceptors (Lipinski definition) is 3. The van der Waals surface area contributed by atoms with Crippen molar-refractivity contribution in [1.29, 1.82) is 5.26 Å². The highest BCUT2D eigenvalue weighted by Gasteiger charge is 2.27. The molecule has 0 amide bonds. The Kier molecular flexibility index (Phi) is 4.35. The van der Waals surface area contributed by atoms with Gasteiger partial charge in [-0.3, -0.25) is 0 Å². The number of rotatable bonds is 5. The Morgan fingerprint density at radius 3 is 2.50 bits per heavy atom. The van der Waals surface area contributed by atoms with E-state index < -0.39 is 18.6 Å². The fraction of sp³-hybridized carbons (Fsp3) is 0.364. The van der Waals surface area contributed by atoms with Gasteiger partial charge >= 0.3 is 0 Å². The maximum absolute atomic E-state index is 11.9. The first kappa shape index (κ1) is 12.6. The summed E-state index contributed by atoms with van der Waals surface area (Å²) in [4.78, 5) is 0. The van der Waals surface area contributed by atoms with E-state index in [9.17, 15) is 8.78 Å². The fourth-order valence-electron chi connectivity index (χ4n) is 1.22.